The number of aromatic nitrogens is 6. The molecule has 0 unspecified atom stereocenters. The molecule has 0 aliphatic heterocycles. The highest BCUT2D eigenvalue weighted by molar-refractivity contribution is 6.14. The van der Waals surface area contributed by atoms with Gasteiger partial charge < -0.3 is 13.7 Å². The van der Waals surface area contributed by atoms with Gasteiger partial charge >= 0.3 is 0 Å². The molecule has 0 saturated carbocycles. The van der Waals surface area contributed by atoms with Gasteiger partial charge in [0.05, 0.1) is 62.1 Å². The van der Waals surface area contributed by atoms with E-state index in [9.17, 15) is 10.5 Å². The summed E-state index contributed by atoms with van der Waals surface area (Å²) in [5.74, 6) is 1.66. The first kappa shape index (κ1) is 52.6. The first-order chi connectivity index (χ1) is 45.0. The maximum atomic E-state index is 9.84. The summed E-state index contributed by atoms with van der Waals surface area (Å²) in [6.45, 7) is 0. The number of hydrogen-bond acceptors (Lipinski definition) is 5. The smallest absolute Gasteiger partial charge is 0.164 e. The number of hydrogen-bond donors (Lipinski definition) is 0. The van der Waals surface area contributed by atoms with E-state index in [0.29, 0.717) is 28.6 Å². The van der Waals surface area contributed by atoms with Crippen LogP contribution in [0.4, 0.5) is 0 Å². The van der Waals surface area contributed by atoms with Crippen LogP contribution in [-0.4, -0.2) is 28.7 Å². The number of nitrogens with zero attached hydrogens (tertiary/aromatic N) is 8. The zero-order chi connectivity index (χ0) is 60.5. The van der Waals surface area contributed by atoms with Gasteiger partial charge in [0.25, 0.3) is 0 Å². The summed E-state index contributed by atoms with van der Waals surface area (Å²) in [4.78, 5) is 16.1. The Morgan fingerprint density at radius 2 is 0.560 bits per heavy atom. The lowest BCUT2D eigenvalue weighted by molar-refractivity contribution is 1.07. The number of para-hydroxylation sites is 4. The Hall–Kier alpha value is -12.8. The van der Waals surface area contributed by atoms with E-state index in [1.165, 1.54) is 21.5 Å². The fourth-order valence-corrected chi connectivity index (χ4v) is 13.5. The fraction of sp³-hybridized carbons (Fsp3) is 0. The van der Waals surface area contributed by atoms with Crippen molar-refractivity contribution in [2.24, 2.45) is 0 Å². The summed E-state index contributed by atoms with van der Waals surface area (Å²) in [6.07, 6.45) is 0. The van der Waals surface area contributed by atoms with Crippen molar-refractivity contribution < 1.29 is 0 Å². The third-order valence-corrected chi connectivity index (χ3v) is 17.7. The molecule has 0 bridgehead atoms. The molecular formula is C83H50N8. The number of benzene rings is 13. The van der Waals surface area contributed by atoms with Gasteiger partial charge in [-0.2, -0.15) is 10.5 Å². The van der Waals surface area contributed by atoms with E-state index in [4.69, 9.17) is 15.0 Å². The van der Waals surface area contributed by atoms with E-state index in [1.54, 1.807) is 0 Å². The SMILES string of the molecule is N#Cc1ccc(-c2ccc3c(c2)c2cc(-c4ccc(C#N)cc4)ccc2n3-c2c(-c3cccc(-n4c5ccccc5c5ccccc54)c3)cc(-c3nc(-c4ccccc4)nc(-c4ccccc4)n3)cc2-c2cccc(-n3c4ccccc4c4ccccc43)c2)cc1. The summed E-state index contributed by atoms with van der Waals surface area (Å²) < 4.78 is 7.23. The zero-order valence-corrected chi connectivity index (χ0v) is 48.9. The lowest BCUT2D eigenvalue weighted by atomic mass is 9.92. The van der Waals surface area contributed by atoms with Crippen LogP contribution in [0.3, 0.4) is 0 Å². The highest BCUT2D eigenvalue weighted by atomic mass is 15.0. The normalized spacial score (nSPS) is 11.5. The molecule has 91 heavy (non-hydrogen) atoms. The molecule has 0 spiro atoms. The van der Waals surface area contributed by atoms with Crippen LogP contribution in [0.5, 0.6) is 0 Å². The molecule has 4 heterocycles. The second-order valence-electron chi connectivity index (χ2n) is 23.0. The Bertz CT molecular complexity index is 5380. The quantitative estimate of drug-likeness (QED) is 0.136. The first-order valence-electron chi connectivity index (χ1n) is 30.3. The van der Waals surface area contributed by atoms with Crippen molar-refractivity contribution in [2.75, 3.05) is 0 Å². The minimum absolute atomic E-state index is 0.528. The van der Waals surface area contributed by atoms with E-state index in [0.717, 1.165) is 122 Å². The zero-order valence-electron chi connectivity index (χ0n) is 48.9. The molecule has 0 saturated heterocycles. The summed E-state index contributed by atoms with van der Waals surface area (Å²) in [5.41, 5.74) is 21.1. The molecular weight excluding hydrogens is 1110 g/mol. The third-order valence-electron chi connectivity index (χ3n) is 17.7. The van der Waals surface area contributed by atoms with Crippen molar-refractivity contribution in [2.45, 2.75) is 0 Å². The maximum absolute atomic E-state index is 9.84. The Balaban J connectivity index is 1.01. The van der Waals surface area contributed by atoms with Crippen LogP contribution in [0, 0.1) is 22.7 Å². The van der Waals surface area contributed by atoms with Gasteiger partial charge in [0.15, 0.2) is 17.5 Å². The van der Waals surface area contributed by atoms with Crippen molar-refractivity contribution in [1.82, 2.24) is 28.7 Å². The Labute approximate surface area is 524 Å². The molecule has 8 heteroatoms. The van der Waals surface area contributed by atoms with Crippen molar-refractivity contribution in [3.8, 4) is 108 Å². The van der Waals surface area contributed by atoms with Crippen LogP contribution in [0.2, 0.25) is 0 Å². The van der Waals surface area contributed by atoms with Gasteiger partial charge in [-0.3, -0.25) is 0 Å². The second kappa shape index (κ2) is 21.6. The minimum atomic E-state index is 0.528. The van der Waals surface area contributed by atoms with E-state index in [-0.39, 0.29) is 0 Å². The third kappa shape index (κ3) is 8.94. The van der Waals surface area contributed by atoms with E-state index in [1.807, 2.05) is 84.9 Å². The summed E-state index contributed by atoms with van der Waals surface area (Å²) >= 11 is 0. The molecule has 13 aromatic carbocycles. The van der Waals surface area contributed by atoms with Crippen molar-refractivity contribution >= 4 is 65.4 Å². The van der Waals surface area contributed by atoms with Gasteiger partial charge in [0, 0.05) is 71.5 Å². The monoisotopic (exact) mass is 1160 g/mol. The standard InChI is InChI=1S/C83H50N8/c84-51-53-33-37-55(38-34-53)59-41-43-78-72(47-59)73-48-60(56-39-35-54(52-85)36-40-56)42-44-79(73)91(78)80-70(61-21-15-23-64(45-61)89-74-29-11-7-25-66(74)67-26-8-12-30-75(67)89)49-63(83-87-81(57-17-3-1-4-18-57)86-82(88-83)58-19-5-2-6-20-58)50-71(80)62-22-16-24-65(46-62)90-76-31-13-9-27-68(76)69-28-10-14-32-77(69)90/h1-50H. The average Bonchev–Trinajstić information content (AvgIpc) is 1.69. The maximum Gasteiger partial charge on any atom is 0.164 e. The number of nitriles is 2. The molecule has 0 amide bonds. The minimum Gasteiger partial charge on any atom is -0.309 e. The van der Waals surface area contributed by atoms with Gasteiger partial charge in [-0.05, 0) is 143 Å². The topological polar surface area (TPSA) is 101 Å². The molecule has 17 aromatic rings. The van der Waals surface area contributed by atoms with Crippen molar-refractivity contribution in [3.05, 3.63) is 314 Å². The predicted octanol–water partition coefficient (Wildman–Crippen LogP) is 20.6. The molecule has 0 aliphatic rings. The molecule has 0 fully saturated rings. The highest BCUT2D eigenvalue weighted by Crippen LogP contribution is 2.47. The molecule has 4 aromatic heterocycles. The van der Waals surface area contributed by atoms with Gasteiger partial charge in [-0.15, -0.1) is 0 Å². The van der Waals surface area contributed by atoms with Crippen LogP contribution < -0.4 is 0 Å². The Kier molecular flexibility index (Phi) is 12.5. The van der Waals surface area contributed by atoms with Gasteiger partial charge in [-0.1, -0.05) is 194 Å². The molecule has 422 valence electrons. The van der Waals surface area contributed by atoms with Crippen LogP contribution in [0.15, 0.2) is 303 Å². The predicted molar refractivity (Wildman–Crippen MR) is 370 cm³/mol. The van der Waals surface area contributed by atoms with Crippen molar-refractivity contribution in [3.63, 3.8) is 0 Å². The van der Waals surface area contributed by atoms with Crippen molar-refractivity contribution in [1.29, 1.82) is 10.5 Å². The largest absolute Gasteiger partial charge is 0.309 e. The van der Waals surface area contributed by atoms with E-state index in [2.05, 4.69) is 244 Å². The van der Waals surface area contributed by atoms with Crippen LogP contribution in [0.25, 0.3) is 161 Å². The summed E-state index contributed by atoms with van der Waals surface area (Å²) in [5, 5.41) is 26.5. The lowest BCUT2D eigenvalue weighted by Crippen LogP contribution is -2.05. The first-order valence-corrected chi connectivity index (χ1v) is 30.3. The molecule has 0 atom stereocenters. The average molecular weight is 1160 g/mol. The Morgan fingerprint density at radius 3 is 0.945 bits per heavy atom. The summed E-state index contributed by atoms with van der Waals surface area (Å²) in [7, 11) is 0. The molecule has 0 radical (unpaired) electrons. The van der Waals surface area contributed by atoms with E-state index < -0.39 is 0 Å². The van der Waals surface area contributed by atoms with Crippen LogP contribution in [0.1, 0.15) is 11.1 Å². The summed E-state index contributed by atoms with van der Waals surface area (Å²) in [6, 6.07) is 111. The highest BCUT2D eigenvalue weighted by Gasteiger charge is 2.26. The molecule has 8 nitrogen and oxygen atoms in total. The van der Waals surface area contributed by atoms with Crippen LogP contribution >= 0.6 is 0 Å². The van der Waals surface area contributed by atoms with Gasteiger partial charge in [0.2, 0.25) is 0 Å². The number of fused-ring (bicyclic) bond motifs is 9. The number of rotatable bonds is 10. The lowest BCUT2D eigenvalue weighted by Gasteiger charge is -2.22. The second-order valence-corrected chi connectivity index (χ2v) is 23.0. The van der Waals surface area contributed by atoms with Gasteiger partial charge in [-0.25, -0.2) is 15.0 Å². The van der Waals surface area contributed by atoms with E-state index >= 15 is 0 Å². The van der Waals surface area contributed by atoms with Gasteiger partial charge in [0.1, 0.15) is 0 Å². The Morgan fingerprint density at radius 1 is 0.231 bits per heavy atom. The molecule has 17 rings (SSSR count). The fourth-order valence-electron chi connectivity index (χ4n) is 13.5. The molecule has 0 aliphatic carbocycles. The molecule has 0 N–H and O–H groups in total. The van der Waals surface area contributed by atoms with Crippen LogP contribution in [-0.2, 0) is 0 Å².